The lowest BCUT2D eigenvalue weighted by Crippen LogP contribution is -2.75. The quantitative estimate of drug-likeness (QED) is 0.401. The summed E-state index contributed by atoms with van der Waals surface area (Å²) in [5.74, 6) is 0.448. The van der Waals surface area contributed by atoms with Crippen molar-refractivity contribution in [1.82, 2.24) is 4.90 Å². The summed E-state index contributed by atoms with van der Waals surface area (Å²) >= 11 is 1.20. The van der Waals surface area contributed by atoms with Gasteiger partial charge >= 0.3 is 0 Å². The van der Waals surface area contributed by atoms with Crippen molar-refractivity contribution in [1.29, 1.82) is 0 Å². The van der Waals surface area contributed by atoms with Gasteiger partial charge in [0, 0.05) is 17.9 Å². The summed E-state index contributed by atoms with van der Waals surface area (Å²) in [4.78, 5) is 14.3. The molecule has 188 valence electrons. The van der Waals surface area contributed by atoms with Gasteiger partial charge in [-0.15, -0.1) is 6.58 Å². The van der Waals surface area contributed by atoms with Gasteiger partial charge in [-0.2, -0.15) is 0 Å². The smallest absolute Gasteiger partial charge is 0.266 e. The van der Waals surface area contributed by atoms with E-state index in [0.29, 0.717) is 0 Å². The average molecular weight is 502 g/mol. The summed E-state index contributed by atoms with van der Waals surface area (Å²) in [6.45, 7) is 4.00. The first-order chi connectivity index (χ1) is 16.9. The van der Waals surface area contributed by atoms with Crippen LogP contribution >= 0.6 is 11.8 Å². The number of morpholine rings is 1. The van der Waals surface area contributed by atoms with Gasteiger partial charge in [-0.1, -0.05) is 48.2 Å². The largest absolute Gasteiger partial charge is 0.497 e. The maximum Gasteiger partial charge on any atom is 0.266 e. The summed E-state index contributed by atoms with van der Waals surface area (Å²) in [5, 5.41) is 32.7. The molecule has 5 rings (SSSR count). The molecule has 2 aromatic rings. The zero-order valence-electron chi connectivity index (χ0n) is 19.5. The van der Waals surface area contributed by atoms with Crippen LogP contribution in [-0.4, -0.2) is 81.8 Å². The van der Waals surface area contributed by atoms with E-state index >= 15 is 0 Å². The minimum absolute atomic E-state index is 0.0803. The van der Waals surface area contributed by atoms with Crippen LogP contribution < -0.4 is 4.74 Å². The van der Waals surface area contributed by atoms with E-state index in [1.54, 1.807) is 13.2 Å². The number of methoxy groups -OCH3 is 1. The SMILES string of the molecule is C=CCN1C(=O)[C@@]2(Sc3ccccc3)C[C@H](O)[C@H]1[C@H]([C@H](O)[C@H](O)COCc1ccc(OC)cc1)O2. The topological polar surface area (TPSA) is 109 Å². The Hall–Kier alpha value is -2.40. The summed E-state index contributed by atoms with van der Waals surface area (Å²) in [6, 6.07) is 15.8. The first-order valence-corrected chi connectivity index (χ1v) is 12.3. The van der Waals surface area contributed by atoms with Gasteiger partial charge in [0.25, 0.3) is 5.91 Å². The van der Waals surface area contributed by atoms with Gasteiger partial charge in [-0.25, -0.2) is 0 Å². The third-order valence-electron chi connectivity index (χ3n) is 6.28. The molecule has 0 aromatic heterocycles. The highest BCUT2D eigenvalue weighted by molar-refractivity contribution is 8.01. The van der Waals surface area contributed by atoms with Crippen molar-refractivity contribution in [2.45, 2.75) is 53.3 Å². The molecule has 0 unspecified atom stereocenters. The zero-order valence-corrected chi connectivity index (χ0v) is 20.3. The Morgan fingerprint density at radius 3 is 2.60 bits per heavy atom. The fourth-order valence-corrected chi connectivity index (χ4v) is 5.86. The summed E-state index contributed by atoms with van der Waals surface area (Å²) in [6.07, 6.45) is -2.97. The van der Waals surface area contributed by atoms with Crippen molar-refractivity contribution in [3.05, 3.63) is 72.8 Å². The number of carbonyl (C=O) groups excluding carboxylic acids is 1. The van der Waals surface area contributed by atoms with Crippen LogP contribution in [0.25, 0.3) is 0 Å². The number of rotatable bonds is 11. The second-order valence-corrected chi connectivity index (χ2v) is 10.0. The third-order valence-corrected chi connectivity index (χ3v) is 7.56. The molecule has 0 saturated carbocycles. The van der Waals surface area contributed by atoms with Gasteiger partial charge in [0.2, 0.25) is 0 Å². The van der Waals surface area contributed by atoms with Gasteiger partial charge in [-0.05, 0) is 29.8 Å². The molecular weight excluding hydrogens is 470 g/mol. The summed E-state index contributed by atoms with van der Waals surface area (Å²) in [5.41, 5.74) is 0.886. The molecule has 3 N–H and O–H groups in total. The molecule has 0 radical (unpaired) electrons. The van der Waals surface area contributed by atoms with Gasteiger partial charge in [0.15, 0.2) is 4.93 Å². The third kappa shape index (κ3) is 5.40. The van der Waals surface area contributed by atoms with Crippen LogP contribution in [0.2, 0.25) is 0 Å². The number of aliphatic hydroxyl groups excluding tert-OH is 3. The zero-order chi connectivity index (χ0) is 25.0. The number of aliphatic hydroxyl groups is 3. The van der Waals surface area contributed by atoms with Gasteiger partial charge in [-0.3, -0.25) is 4.79 Å². The van der Waals surface area contributed by atoms with Crippen LogP contribution in [0.4, 0.5) is 0 Å². The first kappa shape index (κ1) is 25.7. The van der Waals surface area contributed by atoms with Crippen molar-refractivity contribution in [2.75, 3.05) is 20.3 Å². The number of thioether (sulfide) groups is 1. The highest BCUT2D eigenvalue weighted by atomic mass is 32.2. The second-order valence-electron chi connectivity index (χ2n) is 8.68. The highest BCUT2D eigenvalue weighted by Crippen LogP contribution is 2.50. The molecule has 3 aliphatic heterocycles. The van der Waals surface area contributed by atoms with Crippen LogP contribution in [0.15, 0.2) is 72.1 Å². The fraction of sp³-hybridized carbons (Fsp3) is 0.423. The van der Waals surface area contributed by atoms with Crippen LogP contribution in [0, 0.1) is 0 Å². The maximum atomic E-state index is 13.4. The highest BCUT2D eigenvalue weighted by Gasteiger charge is 2.63. The molecule has 2 aromatic carbocycles. The maximum absolute atomic E-state index is 13.4. The predicted molar refractivity (Wildman–Crippen MR) is 131 cm³/mol. The van der Waals surface area contributed by atoms with Crippen LogP contribution in [-0.2, 0) is 20.9 Å². The lowest BCUT2D eigenvalue weighted by molar-refractivity contribution is -0.244. The molecular formula is C26H31NO7S. The number of nitrogens with zero attached hydrogens (tertiary/aromatic N) is 1. The van der Waals surface area contributed by atoms with E-state index in [9.17, 15) is 20.1 Å². The van der Waals surface area contributed by atoms with Crippen LogP contribution in [0.1, 0.15) is 12.0 Å². The number of hydrogen-bond acceptors (Lipinski definition) is 8. The molecule has 6 atom stereocenters. The molecule has 35 heavy (non-hydrogen) atoms. The summed E-state index contributed by atoms with van der Waals surface area (Å²) < 4.78 is 17.0. The van der Waals surface area contributed by atoms with Crippen LogP contribution in [0.5, 0.6) is 5.75 Å². The number of benzene rings is 2. The second kappa shape index (κ2) is 11.1. The molecule has 1 amide bonds. The number of ether oxygens (including phenoxy) is 3. The van der Waals surface area contributed by atoms with E-state index < -0.39 is 35.4 Å². The van der Waals surface area contributed by atoms with Gasteiger partial charge in [0.05, 0.1) is 32.5 Å². The minimum Gasteiger partial charge on any atom is -0.497 e. The number of piperidine rings is 1. The van der Waals surface area contributed by atoms with Crippen molar-refractivity contribution in [3.63, 3.8) is 0 Å². The minimum atomic E-state index is -1.42. The standard InChI is InChI=1S/C26H31NO7S/c1-3-13-27-22-20(28)14-26(25(27)31,35-19-7-5-4-6-8-19)34-24(22)23(30)21(29)16-33-15-17-9-11-18(32-2)12-10-17/h3-12,20-24,28-30H,1,13-16H2,2H3/t20-,21+,22-,23+,24+,26-/m0/s1. The van der Waals surface area contributed by atoms with E-state index in [2.05, 4.69) is 6.58 Å². The van der Waals surface area contributed by atoms with E-state index in [-0.39, 0.29) is 32.1 Å². The molecule has 3 fully saturated rings. The Morgan fingerprint density at radius 1 is 1.23 bits per heavy atom. The number of amides is 1. The molecule has 0 aliphatic carbocycles. The lowest BCUT2D eigenvalue weighted by atomic mass is 9.84. The Kier molecular flexibility index (Phi) is 8.16. The Bertz CT molecular complexity index is 1000. The lowest BCUT2D eigenvalue weighted by Gasteiger charge is -2.57. The van der Waals surface area contributed by atoms with Crippen molar-refractivity contribution in [3.8, 4) is 5.75 Å². The fourth-order valence-electron chi connectivity index (χ4n) is 4.57. The molecule has 3 saturated heterocycles. The van der Waals surface area contributed by atoms with Crippen molar-refractivity contribution < 1.29 is 34.3 Å². The average Bonchev–Trinajstić information content (AvgIpc) is 2.86. The number of fused-ring (bicyclic) bond motifs is 3. The monoisotopic (exact) mass is 501 g/mol. The molecule has 3 heterocycles. The number of carbonyl (C=O) groups is 1. The van der Waals surface area contributed by atoms with E-state index in [4.69, 9.17) is 14.2 Å². The first-order valence-electron chi connectivity index (χ1n) is 11.5. The van der Waals surface area contributed by atoms with Gasteiger partial charge < -0.3 is 34.4 Å². The van der Waals surface area contributed by atoms with E-state index in [1.807, 2.05) is 54.6 Å². The molecule has 3 aliphatic rings. The number of hydrogen-bond donors (Lipinski definition) is 3. The normalized spacial score (nSPS) is 27.5. The van der Waals surface area contributed by atoms with E-state index in [1.165, 1.54) is 16.7 Å². The van der Waals surface area contributed by atoms with E-state index in [0.717, 1.165) is 16.2 Å². The molecule has 0 spiro atoms. The van der Waals surface area contributed by atoms with Crippen molar-refractivity contribution >= 4 is 17.7 Å². The summed E-state index contributed by atoms with van der Waals surface area (Å²) in [7, 11) is 1.59. The molecule has 9 heteroatoms. The van der Waals surface area contributed by atoms with Gasteiger partial charge in [0.1, 0.15) is 24.1 Å². The van der Waals surface area contributed by atoms with Crippen LogP contribution in [0.3, 0.4) is 0 Å². The Balaban J connectivity index is 1.47. The van der Waals surface area contributed by atoms with Crippen molar-refractivity contribution in [2.24, 2.45) is 0 Å². The Labute approximate surface area is 209 Å². The molecule has 8 nitrogen and oxygen atoms in total. The molecule has 2 bridgehead atoms. The Morgan fingerprint density at radius 2 is 1.94 bits per heavy atom. The predicted octanol–water partition coefficient (Wildman–Crippen LogP) is 1.97.